The van der Waals surface area contributed by atoms with E-state index in [1.54, 1.807) is 0 Å². The molecule has 0 saturated carbocycles. The highest BCUT2D eigenvalue weighted by Crippen LogP contribution is 1.74. The molecule has 0 aromatic rings. The number of hydrogen-bond donors (Lipinski definition) is 0. The molecule has 0 bridgehead atoms. The average Bonchev–Trinajstić information content (AvgIpc) is 2.12. The third-order valence-corrected chi connectivity index (χ3v) is 0.943. The van der Waals surface area contributed by atoms with E-state index in [1.165, 1.54) is 0 Å². The summed E-state index contributed by atoms with van der Waals surface area (Å²) in [5, 5.41) is 0. The van der Waals surface area contributed by atoms with E-state index in [4.69, 9.17) is 0 Å². The van der Waals surface area contributed by atoms with E-state index in [9.17, 15) is 0 Å². The predicted molar refractivity (Wildman–Crippen MR) is 61.5 cm³/mol. The fourth-order valence-corrected chi connectivity index (χ4v) is 0.471. The monoisotopic (exact) mass is 168 g/mol. The molecule has 0 radical (unpaired) electrons. The summed E-state index contributed by atoms with van der Waals surface area (Å²) in [6.45, 7) is 14.3. The molecule has 0 N–H and O–H groups in total. The zero-order valence-corrected chi connectivity index (χ0v) is 9.14. The van der Waals surface area contributed by atoms with E-state index in [2.05, 4.69) is 51.3 Å². The third-order valence-electron chi connectivity index (χ3n) is 0.943. The van der Waals surface area contributed by atoms with Crippen LogP contribution in [0.1, 0.15) is 40.5 Å². The maximum atomic E-state index is 3.00. The van der Waals surface area contributed by atoms with Crippen molar-refractivity contribution in [2.75, 3.05) is 0 Å². The normalized spacial score (nSPS) is 8.67. The summed E-state index contributed by atoms with van der Waals surface area (Å²) in [7, 11) is 0. The van der Waals surface area contributed by atoms with Crippen molar-refractivity contribution in [1.82, 2.24) is 0 Å². The predicted octanol–water partition coefficient (Wildman–Crippen LogP) is 4.75. The number of allylic oxidation sites excluding steroid dienone is 4. The van der Waals surface area contributed by atoms with E-state index < -0.39 is 0 Å². The van der Waals surface area contributed by atoms with Gasteiger partial charge in [0.1, 0.15) is 0 Å². The first kappa shape index (κ1) is 17.3. The molecule has 0 unspecified atom stereocenters. The second-order valence-electron chi connectivity index (χ2n) is 1.95. The van der Waals surface area contributed by atoms with Gasteiger partial charge < -0.3 is 0 Å². The molecule has 12 heavy (non-hydrogen) atoms. The first-order valence-corrected chi connectivity index (χ1v) is 4.55. The van der Waals surface area contributed by atoms with Crippen molar-refractivity contribution in [3.8, 4) is 0 Å². The Morgan fingerprint density at radius 2 is 1.08 bits per heavy atom. The fraction of sp³-hybridized carbons (Fsp3) is 0.500. The summed E-state index contributed by atoms with van der Waals surface area (Å²) < 4.78 is 0. The van der Waals surface area contributed by atoms with Gasteiger partial charge in [-0.05, 0) is 26.7 Å². The first-order valence-electron chi connectivity index (χ1n) is 4.55. The Kier molecular flexibility index (Phi) is 46.1. The Morgan fingerprint density at radius 1 is 0.833 bits per heavy atom. The maximum Gasteiger partial charge on any atom is -0.0379 e. The van der Waals surface area contributed by atoms with Crippen LogP contribution in [0.25, 0.3) is 0 Å². The Labute approximate surface area is 78.7 Å². The molecule has 0 fully saturated rings. The molecular formula is C12H24. The van der Waals surface area contributed by atoms with E-state index in [0.29, 0.717) is 0 Å². The van der Waals surface area contributed by atoms with Crippen molar-refractivity contribution in [2.24, 2.45) is 0 Å². The fourth-order valence-electron chi connectivity index (χ4n) is 0.471. The minimum Gasteiger partial charge on any atom is -0.106 e. The largest absolute Gasteiger partial charge is 0.106 e. The number of rotatable bonds is 2. The van der Waals surface area contributed by atoms with Gasteiger partial charge in [0.05, 0.1) is 0 Å². The molecule has 0 aromatic heterocycles. The lowest BCUT2D eigenvalue weighted by Gasteiger charge is -1.65. The molecule has 0 nitrogen and oxygen atoms in total. The molecule has 0 rings (SSSR count). The summed E-state index contributed by atoms with van der Waals surface area (Å²) >= 11 is 0. The van der Waals surface area contributed by atoms with E-state index in [0.717, 1.165) is 12.8 Å². The molecular weight excluding hydrogens is 144 g/mol. The SMILES string of the molecule is C/C=C/CC.C/C=C\CC.C=C. The van der Waals surface area contributed by atoms with Crippen LogP contribution in [0, 0.1) is 0 Å². The van der Waals surface area contributed by atoms with Gasteiger partial charge in [0.25, 0.3) is 0 Å². The minimum absolute atomic E-state index is 1.16. The Hall–Kier alpha value is -0.780. The Bertz CT molecular complexity index is 76.2. The molecule has 0 aliphatic carbocycles. The summed E-state index contributed by atoms with van der Waals surface area (Å²) in [5.74, 6) is 0. The Balaban J connectivity index is -0.000000112. The lowest BCUT2D eigenvalue weighted by atomic mass is 10.4. The summed E-state index contributed by atoms with van der Waals surface area (Å²) in [6, 6.07) is 0. The van der Waals surface area contributed by atoms with Gasteiger partial charge in [0, 0.05) is 0 Å². The maximum absolute atomic E-state index is 3.00. The standard InChI is InChI=1S/2C5H10.C2H4/c2*1-3-5-4-2;1-2/h2*3,5H,4H2,1-2H3;1-2H2/b5-3+;5-3-;. The highest BCUT2D eigenvalue weighted by atomic mass is 13.6. The first-order chi connectivity index (χ1) is 5.83. The van der Waals surface area contributed by atoms with E-state index in [1.807, 2.05) is 13.8 Å². The smallest absolute Gasteiger partial charge is 0.0379 e. The minimum atomic E-state index is 1.16. The van der Waals surface area contributed by atoms with Crippen LogP contribution in [0.3, 0.4) is 0 Å². The van der Waals surface area contributed by atoms with Gasteiger partial charge in [-0.15, -0.1) is 13.2 Å². The van der Waals surface area contributed by atoms with Gasteiger partial charge in [-0.2, -0.15) is 0 Å². The molecule has 0 aromatic carbocycles. The lowest BCUT2D eigenvalue weighted by molar-refractivity contribution is 1.22. The van der Waals surface area contributed by atoms with Crippen LogP contribution in [0.4, 0.5) is 0 Å². The second kappa shape index (κ2) is 31.9. The van der Waals surface area contributed by atoms with E-state index in [-0.39, 0.29) is 0 Å². The molecule has 72 valence electrons. The zero-order chi connectivity index (χ0) is 10.2. The van der Waals surface area contributed by atoms with Gasteiger partial charge >= 0.3 is 0 Å². The van der Waals surface area contributed by atoms with Crippen LogP contribution in [0.2, 0.25) is 0 Å². The molecule has 0 spiro atoms. The van der Waals surface area contributed by atoms with E-state index >= 15 is 0 Å². The Morgan fingerprint density at radius 3 is 1.08 bits per heavy atom. The van der Waals surface area contributed by atoms with Crippen LogP contribution < -0.4 is 0 Å². The second-order valence-corrected chi connectivity index (χ2v) is 1.95. The van der Waals surface area contributed by atoms with Crippen LogP contribution >= 0.6 is 0 Å². The highest BCUT2D eigenvalue weighted by molar-refractivity contribution is 4.73. The zero-order valence-electron chi connectivity index (χ0n) is 9.14. The molecule has 0 aliphatic heterocycles. The highest BCUT2D eigenvalue weighted by Gasteiger charge is 1.52. The lowest BCUT2D eigenvalue weighted by Crippen LogP contribution is -1.43. The third kappa shape index (κ3) is 60.1. The topological polar surface area (TPSA) is 0 Å². The van der Waals surface area contributed by atoms with Crippen molar-refractivity contribution in [3.05, 3.63) is 37.5 Å². The van der Waals surface area contributed by atoms with Gasteiger partial charge in [-0.3, -0.25) is 0 Å². The van der Waals surface area contributed by atoms with Crippen LogP contribution in [-0.2, 0) is 0 Å². The van der Waals surface area contributed by atoms with Crippen molar-refractivity contribution < 1.29 is 0 Å². The molecule has 0 atom stereocenters. The van der Waals surface area contributed by atoms with Crippen molar-refractivity contribution in [2.45, 2.75) is 40.5 Å². The quantitative estimate of drug-likeness (QED) is 0.522. The number of hydrogen-bond acceptors (Lipinski definition) is 0. The van der Waals surface area contributed by atoms with Gasteiger partial charge in [0.2, 0.25) is 0 Å². The molecule has 0 heteroatoms. The summed E-state index contributed by atoms with van der Waals surface area (Å²) in [5.41, 5.74) is 0. The van der Waals surface area contributed by atoms with Crippen molar-refractivity contribution >= 4 is 0 Å². The van der Waals surface area contributed by atoms with Crippen molar-refractivity contribution in [1.29, 1.82) is 0 Å². The van der Waals surface area contributed by atoms with Gasteiger partial charge in [0.15, 0.2) is 0 Å². The van der Waals surface area contributed by atoms with Crippen LogP contribution in [-0.4, -0.2) is 0 Å². The molecule has 0 aliphatic rings. The summed E-state index contributed by atoms with van der Waals surface area (Å²) in [6.07, 6.45) is 10.7. The molecule has 0 heterocycles. The average molecular weight is 168 g/mol. The molecule has 0 saturated heterocycles. The van der Waals surface area contributed by atoms with Gasteiger partial charge in [-0.25, -0.2) is 0 Å². The van der Waals surface area contributed by atoms with Crippen LogP contribution in [0.5, 0.6) is 0 Å². The van der Waals surface area contributed by atoms with Crippen LogP contribution in [0.15, 0.2) is 37.5 Å². The molecule has 0 amide bonds. The van der Waals surface area contributed by atoms with Gasteiger partial charge in [-0.1, -0.05) is 38.2 Å². The van der Waals surface area contributed by atoms with Crippen molar-refractivity contribution in [3.63, 3.8) is 0 Å². The summed E-state index contributed by atoms with van der Waals surface area (Å²) in [4.78, 5) is 0.